The van der Waals surface area contributed by atoms with Crippen molar-refractivity contribution in [2.75, 3.05) is 25.1 Å². The first-order chi connectivity index (χ1) is 16.9. The van der Waals surface area contributed by atoms with E-state index in [1.54, 1.807) is 20.0 Å². The van der Waals surface area contributed by atoms with Crippen molar-refractivity contribution in [3.8, 4) is 17.0 Å². The van der Waals surface area contributed by atoms with E-state index in [1.165, 1.54) is 5.57 Å². The fourth-order valence-corrected chi connectivity index (χ4v) is 3.83. The normalized spacial score (nSPS) is 14.4. The number of nitrogens with two attached hydrogens (primary N) is 1. The van der Waals surface area contributed by atoms with Crippen LogP contribution in [0.2, 0.25) is 0 Å². The molecule has 35 heavy (non-hydrogen) atoms. The molecule has 0 unspecified atom stereocenters. The summed E-state index contributed by atoms with van der Waals surface area (Å²) < 4.78 is 11.4. The second-order valence-corrected chi connectivity index (χ2v) is 8.62. The number of pyridine rings is 1. The smallest absolute Gasteiger partial charge is 0.273 e. The summed E-state index contributed by atoms with van der Waals surface area (Å²) in [6, 6.07) is 11.7. The van der Waals surface area contributed by atoms with Crippen LogP contribution in [0.4, 0.5) is 5.69 Å². The second kappa shape index (κ2) is 11.0. The van der Waals surface area contributed by atoms with Gasteiger partial charge in [0.05, 0.1) is 31.7 Å². The van der Waals surface area contributed by atoms with Crippen LogP contribution in [0, 0.1) is 5.41 Å². The third-order valence-corrected chi connectivity index (χ3v) is 6.02. The number of hydrogen-bond donors (Lipinski definition) is 4. The molecule has 0 bridgehead atoms. The first-order valence-electron chi connectivity index (χ1n) is 11.7. The largest absolute Gasteiger partial charge is 0.493 e. The molecule has 3 aromatic rings. The van der Waals surface area contributed by atoms with Crippen molar-refractivity contribution in [3.63, 3.8) is 0 Å². The minimum absolute atomic E-state index is 0.166. The molecule has 1 amide bonds. The van der Waals surface area contributed by atoms with Gasteiger partial charge in [0, 0.05) is 22.3 Å². The predicted octanol–water partition coefficient (Wildman–Crippen LogP) is 4.95. The standard InChI is InChI=1S/C27H31N5O3/c1-17(18(2)28)25(29)27(33)31-22-13-21-15-24(32-26(21)30-16-22)20-6-3-7-23(14-20)35-10-4-5-19-8-11-34-12-9-19/h3,5-7,13-16,29H,4,8-12,28H2,1-2H3,(H,30,32)(H,31,33). The number of ether oxygens (including phenoxy) is 2. The molecule has 0 saturated carbocycles. The molecule has 0 aliphatic carbocycles. The van der Waals surface area contributed by atoms with Crippen LogP contribution in [-0.2, 0) is 9.53 Å². The Hall–Kier alpha value is -3.91. The Balaban J connectivity index is 1.42. The SMILES string of the molecule is CC(N)=C(C)C(=N)C(=O)Nc1cnc2[nH]c(-c3cccc(OCCC=C4CCOCC4)c3)cc2c1. The Morgan fingerprint density at radius 3 is 2.83 bits per heavy atom. The van der Waals surface area contributed by atoms with Gasteiger partial charge in [0.2, 0.25) is 0 Å². The molecule has 4 rings (SSSR count). The van der Waals surface area contributed by atoms with Crippen LogP contribution < -0.4 is 15.8 Å². The number of allylic oxidation sites excluding steroid dienone is 1. The zero-order valence-corrected chi connectivity index (χ0v) is 20.1. The molecular weight excluding hydrogens is 442 g/mol. The van der Waals surface area contributed by atoms with Crippen LogP contribution in [-0.4, -0.2) is 41.4 Å². The summed E-state index contributed by atoms with van der Waals surface area (Å²) in [5.41, 5.74) is 11.0. The molecule has 5 N–H and O–H groups in total. The third kappa shape index (κ3) is 6.16. The summed E-state index contributed by atoms with van der Waals surface area (Å²) in [5, 5.41) is 11.6. The molecule has 1 aromatic carbocycles. The first kappa shape index (κ1) is 24.2. The van der Waals surface area contributed by atoms with Crippen LogP contribution in [0.25, 0.3) is 22.3 Å². The maximum atomic E-state index is 12.4. The minimum Gasteiger partial charge on any atom is -0.493 e. The zero-order valence-electron chi connectivity index (χ0n) is 20.1. The Labute approximate surface area is 204 Å². The molecule has 1 fully saturated rings. The highest BCUT2D eigenvalue weighted by Gasteiger charge is 2.14. The molecule has 0 radical (unpaired) electrons. The van der Waals surface area contributed by atoms with Crippen LogP contribution in [0.15, 0.2) is 65.5 Å². The Kier molecular flexibility index (Phi) is 7.62. The summed E-state index contributed by atoms with van der Waals surface area (Å²) >= 11 is 0. The number of anilines is 1. The number of aromatic amines is 1. The van der Waals surface area contributed by atoms with Crippen molar-refractivity contribution in [2.24, 2.45) is 5.73 Å². The first-order valence-corrected chi connectivity index (χ1v) is 11.7. The molecule has 1 aliphatic rings. The number of carbonyl (C=O) groups is 1. The fourth-order valence-electron chi connectivity index (χ4n) is 3.83. The highest BCUT2D eigenvalue weighted by Crippen LogP contribution is 2.27. The van der Waals surface area contributed by atoms with E-state index in [1.807, 2.05) is 36.4 Å². The number of nitrogens with one attached hydrogen (secondary N) is 3. The van der Waals surface area contributed by atoms with E-state index >= 15 is 0 Å². The van der Waals surface area contributed by atoms with Gasteiger partial charge in [-0.3, -0.25) is 10.2 Å². The Bertz CT molecular complexity index is 1290. The number of rotatable bonds is 8. The number of carbonyl (C=O) groups excluding carboxylic acids is 1. The molecule has 1 aliphatic heterocycles. The van der Waals surface area contributed by atoms with Gasteiger partial charge < -0.3 is 25.5 Å². The van der Waals surface area contributed by atoms with Crippen molar-refractivity contribution in [3.05, 3.63) is 65.5 Å². The summed E-state index contributed by atoms with van der Waals surface area (Å²) in [6.07, 6.45) is 6.74. The number of benzene rings is 1. The summed E-state index contributed by atoms with van der Waals surface area (Å²) in [5.74, 6) is 0.283. The van der Waals surface area contributed by atoms with Crippen LogP contribution in [0.1, 0.15) is 33.1 Å². The Morgan fingerprint density at radius 1 is 1.26 bits per heavy atom. The lowest BCUT2D eigenvalue weighted by Crippen LogP contribution is -2.24. The van der Waals surface area contributed by atoms with Gasteiger partial charge >= 0.3 is 0 Å². The maximum absolute atomic E-state index is 12.4. The topological polar surface area (TPSA) is 126 Å². The summed E-state index contributed by atoms with van der Waals surface area (Å²) in [6.45, 7) is 5.57. The lowest BCUT2D eigenvalue weighted by Gasteiger charge is -2.14. The van der Waals surface area contributed by atoms with E-state index in [2.05, 4.69) is 21.4 Å². The maximum Gasteiger partial charge on any atom is 0.273 e. The average Bonchev–Trinajstić information content (AvgIpc) is 3.30. The molecule has 8 nitrogen and oxygen atoms in total. The molecular formula is C27H31N5O3. The van der Waals surface area contributed by atoms with Crippen LogP contribution >= 0.6 is 0 Å². The average molecular weight is 474 g/mol. The van der Waals surface area contributed by atoms with Gasteiger partial charge in [-0.2, -0.15) is 0 Å². The lowest BCUT2D eigenvalue weighted by atomic mass is 10.1. The van der Waals surface area contributed by atoms with Crippen molar-refractivity contribution in [1.82, 2.24) is 9.97 Å². The molecule has 2 aromatic heterocycles. The van der Waals surface area contributed by atoms with Crippen LogP contribution in [0.3, 0.4) is 0 Å². The number of H-pyrrole nitrogens is 1. The van der Waals surface area contributed by atoms with Gasteiger partial charge in [-0.15, -0.1) is 0 Å². The number of hydrogen-bond acceptors (Lipinski definition) is 6. The Morgan fingerprint density at radius 2 is 2.06 bits per heavy atom. The molecule has 0 spiro atoms. The number of fused-ring (bicyclic) bond motifs is 1. The second-order valence-electron chi connectivity index (χ2n) is 8.62. The number of amides is 1. The monoisotopic (exact) mass is 473 g/mol. The van der Waals surface area contributed by atoms with Gasteiger partial charge in [-0.05, 0) is 62.9 Å². The molecule has 182 valence electrons. The predicted molar refractivity (Wildman–Crippen MR) is 139 cm³/mol. The summed E-state index contributed by atoms with van der Waals surface area (Å²) in [7, 11) is 0. The van der Waals surface area contributed by atoms with Crippen molar-refractivity contribution >= 4 is 28.3 Å². The lowest BCUT2D eigenvalue weighted by molar-refractivity contribution is -0.110. The van der Waals surface area contributed by atoms with E-state index in [9.17, 15) is 4.79 Å². The molecule has 8 heteroatoms. The van der Waals surface area contributed by atoms with Crippen molar-refractivity contribution in [2.45, 2.75) is 33.1 Å². The van der Waals surface area contributed by atoms with E-state index in [4.69, 9.17) is 20.6 Å². The van der Waals surface area contributed by atoms with Crippen molar-refractivity contribution in [1.29, 1.82) is 5.41 Å². The highest BCUT2D eigenvalue weighted by molar-refractivity contribution is 6.47. The summed E-state index contributed by atoms with van der Waals surface area (Å²) in [4.78, 5) is 20.1. The minimum atomic E-state index is -0.526. The van der Waals surface area contributed by atoms with E-state index < -0.39 is 5.91 Å². The third-order valence-electron chi connectivity index (χ3n) is 6.02. The van der Waals surface area contributed by atoms with E-state index in [0.29, 0.717) is 29.2 Å². The van der Waals surface area contributed by atoms with Gasteiger partial charge in [0.25, 0.3) is 5.91 Å². The van der Waals surface area contributed by atoms with E-state index in [0.717, 1.165) is 54.9 Å². The van der Waals surface area contributed by atoms with E-state index in [-0.39, 0.29) is 5.71 Å². The van der Waals surface area contributed by atoms with Gasteiger partial charge in [0.1, 0.15) is 17.1 Å². The molecule has 3 heterocycles. The van der Waals surface area contributed by atoms with Crippen LogP contribution in [0.5, 0.6) is 5.75 Å². The fraction of sp³-hybridized carbons (Fsp3) is 0.296. The zero-order chi connectivity index (χ0) is 24.8. The number of aromatic nitrogens is 2. The van der Waals surface area contributed by atoms with Crippen molar-refractivity contribution < 1.29 is 14.3 Å². The van der Waals surface area contributed by atoms with Gasteiger partial charge in [0.15, 0.2) is 0 Å². The molecule has 0 atom stereocenters. The quantitative estimate of drug-likeness (QED) is 0.209. The number of nitrogens with zero attached hydrogens (tertiary/aromatic N) is 1. The highest BCUT2D eigenvalue weighted by atomic mass is 16.5. The molecule has 1 saturated heterocycles. The van der Waals surface area contributed by atoms with Gasteiger partial charge in [-0.1, -0.05) is 23.8 Å². The van der Waals surface area contributed by atoms with Gasteiger partial charge in [-0.25, -0.2) is 4.98 Å².